The second kappa shape index (κ2) is 9.78. The number of halogens is 3. The highest BCUT2D eigenvalue weighted by Gasteiger charge is 2.11. The minimum atomic E-state index is -0.396. The van der Waals surface area contributed by atoms with Crippen molar-refractivity contribution in [3.8, 4) is 11.5 Å². The van der Waals surface area contributed by atoms with Crippen molar-refractivity contribution in [1.29, 1.82) is 0 Å². The van der Waals surface area contributed by atoms with Crippen LogP contribution in [0.3, 0.4) is 0 Å². The summed E-state index contributed by atoms with van der Waals surface area (Å²) < 4.78 is 25.0. The molecule has 0 fully saturated rings. The molecule has 3 aromatic carbocycles. The van der Waals surface area contributed by atoms with Gasteiger partial charge in [0.05, 0.1) is 12.1 Å². The Labute approximate surface area is 174 Å². The molecule has 1 N–H and O–H groups in total. The molecule has 0 spiro atoms. The van der Waals surface area contributed by atoms with Crippen LogP contribution in [0.2, 0.25) is 10.0 Å². The van der Waals surface area contributed by atoms with Crippen LogP contribution >= 0.6 is 23.2 Å². The largest absolute Gasteiger partial charge is 0.493 e. The lowest BCUT2D eigenvalue weighted by Gasteiger charge is -2.14. The van der Waals surface area contributed by atoms with Crippen LogP contribution in [-0.4, -0.2) is 7.11 Å². The molecule has 3 nitrogen and oxygen atoms in total. The number of ether oxygens (including phenoxy) is 2. The number of hydrogen-bond donors (Lipinski definition) is 1. The summed E-state index contributed by atoms with van der Waals surface area (Å²) in [5.41, 5.74) is 2.38. The van der Waals surface area contributed by atoms with Gasteiger partial charge in [-0.1, -0.05) is 53.5 Å². The van der Waals surface area contributed by atoms with Crippen molar-refractivity contribution in [2.75, 3.05) is 7.11 Å². The van der Waals surface area contributed by atoms with E-state index in [0.717, 1.165) is 16.1 Å². The van der Waals surface area contributed by atoms with Gasteiger partial charge in [-0.2, -0.15) is 0 Å². The van der Waals surface area contributed by atoms with Crippen LogP contribution in [0.15, 0.2) is 60.7 Å². The average Bonchev–Trinajstić information content (AvgIpc) is 2.69. The number of rotatable bonds is 8. The first-order valence-electron chi connectivity index (χ1n) is 8.75. The summed E-state index contributed by atoms with van der Waals surface area (Å²) in [5.74, 6) is 0.702. The Kier molecular flexibility index (Phi) is 7.15. The van der Waals surface area contributed by atoms with Gasteiger partial charge in [-0.05, 0) is 41.5 Å². The van der Waals surface area contributed by atoms with Gasteiger partial charge in [-0.15, -0.1) is 0 Å². The summed E-state index contributed by atoms with van der Waals surface area (Å²) in [6, 6.07) is 17.9. The van der Waals surface area contributed by atoms with Crippen LogP contribution in [0.1, 0.15) is 16.7 Å². The lowest BCUT2D eigenvalue weighted by molar-refractivity contribution is 0.279. The summed E-state index contributed by atoms with van der Waals surface area (Å²) in [6.45, 7) is 1.32. The molecule has 0 heterocycles. The zero-order chi connectivity index (χ0) is 19.9. The molecule has 0 aliphatic carbocycles. The zero-order valence-electron chi connectivity index (χ0n) is 15.3. The van der Waals surface area contributed by atoms with Crippen molar-refractivity contribution in [2.45, 2.75) is 19.7 Å². The number of methoxy groups -OCH3 is 1. The smallest absolute Gasteiger partial charge is 0.161 e. The quantitative estimate of drug-likeness (QED) is 0.484. The van der Waals surface area contributed by atoms with E-state index in [2.05, 4.69) is 5.32 Å². The zero-order valence-corrected chi connectivity index (χ0v) is 16.9. The predicted octanol–water partition coefficient (Wildman–Crippen LogP) is 6.01. The normalized spacial score (nSPS) is 10.7. The molecule has 0 aliphatic rings. The Morgan fingerprint density at radius 1 is 0.893 bits per heavy atom. The van der Waals surface area contributed by atoms with E-state index in [4.69, 9.17) is 32.7 Å². The van der Waals surface area contributed by atoms with Crippen LogP contribution in [0.5, 0.6) is 11.5 Å². The van der Waals surface area contributed by atoms with Crippen LogP contribution in [0, 0.1) is 5.82 Å². The van der Waals surface area contributed by atoms with E-state index in [1.165, 1.54) is 6.07 Å². The van der Waals surface area contributed by atoms with Crippen molar-refractivity contribution in [1.82, 2.24) is 5.32 Å². The van der Waals surface area contributed by atoms with Crippen LogP contribution in [0.25, 0.3) is 0 Å². The van der Waals surface area contributed by atoms with Crippen molar-refractivity contribution in [3.63, 3.8) is 0 Å². The Morgan fingerprint density at radius 2 is 1.68 bits per heavy atom. The van der Waals surface area contributed by atoms with Gasteiger partial charge in [0.2, 0.25) is 0 Å². The van der Waals surface area contributed by atoms with Gasteiger partial charge in [-0.25, -0.2) is 4.39 Å². The maximum Gasteiger partial charge on any atom is 0.161 e. The van der Waals surface area contributed by atoms with Gasteiger partial charge in [0.1, 0.15) is 12.4 Å². The molecular formula is C22H20Cl2FNO2. The Bertz CT molecular complexity index is 929. The molecule has 0 atom stereocenters. The minimum absolute atomic E-state index is 0.0198. The molecule has 0 unspecified atom stereocenters. The molecule has 0 radical (unpaired) electrons. The molecule has 0 bridgehead atoms. The highest BCUT2D eigenvalue weighted by molar-refractivity contribution is 6.31. The van der Waals surface area contributed by atoms with E-state index < -0.39 is 5.82 Å². The second-order valence-corrected chi connectivity index (χ2v) is 6.98. The first-order valence-corrected chi connectivity index (χ1v) is 9.51. The fraction of sp³-hybridized carbons (Fsp3) is 0.182. The molecule has 0 saturated carbocycles. The van der Waals surface area contributed by atoms with Crippen molar-refractivity contribution >= 4 is 23.2 Å². The number of hydrogen-bond acceptors (Lipinski definition) is 3. The predicted molar refractivity (Wildman–Crippen MR) is 111 cm³/mol. The second-order valence-electron chi connectivity index (χ2n) is 6.17. The third-order valence-corrected chi connectivity index (χ3v) is 4.99. The van der Waals surface area contributed by atoms with Crippen LogP contribution < -0.4 is 14.8 Å². The molecular weight excluding hydrogens is 400 g/mol. The van der Waals surface area contributed by atoms with Gasteiger partial charge < -0.3 is 14.8 Å². The molecule has 0 aromatic heterocycles. The van der Waals surface area contributed by atoms with E-state index in [1.54, 1.807) is 25.3 Å². The molecule has 0 saturated heterocycles. The standard InChI is InChI=1S/C22H20Cl2FNO2/c1-27-22-11-15(12-26-13-16-5-2-3-6-18(16)23)9-10-21(22)28-14-17-19(24)7-4-8-20(17)25/h2-11,26H,12-14H2,1H3. The Balaban J connectivity index is 1.62. The van der Waals surface area contributed by atoms with E-state index in [9.17, 15) is 4.39 Å². The molecule has 3 aromatic rings. The van der Waals surface area contributed by atoms with Crippen molar-refractivity contribution < 1.29 is 13.9 Å². The summed E-state index contributed by atoms with van der Waals surface area (Å²) >= 11 is 12.2. The number of nitrogens with one attached hydrogen (secondary N) is 1. The van der Waals surface area contributed by atoms with Crippen LogP contribution in [0.4, 0.5) is 4.39 Å². The third-order valence-electron chi connectivity index (χ3n) is 4.26. The van der Waals surface area contributed by atoms with Gasteiger partial charge in [0.25, 0.3) is 0 Å². The van der Waals surface area contributed by atoms with Crippen LogP contribution in [-0.2, 0) is 19.7 Å². The molecule has 146 valence electrons. The summed E-state index contributed by atoms with van der Waals surface area (Å²) in [6.07, 6.45) is 0. The summed E-state index contributed by atoms with van der Waals surface area (Å²) in [7, 11) is 1.57. The maximum atomic E-state index is 13.9. The monoisotopic (exact) mass is 419 g/mol. The first-order chi connectivity index (χ1) is 13.6. The lowest BCUT2D eigenvalue weighted by atomic mass is 10.1. The average molecular weight is 420 g/mol. The fourth-order valence-corrected chi connectivity index (χ4v) is 3.16. The Morgan fingerprint density at radius 3 is 2.43 bits per heavy atom. The van der Waals surface area contributed by atoms with E-state index in [0.29, 0.717) is 35.2 Å². The highest BCUT2D eigenvalue weighted by Crippen LogP contribution is 2.30. The number of benzene rings is 3. The van der Waals surface area contributed by atoms with Crippen molar-refractivity contribution in [3.05, 3.63) is 93.2 Å². The fourth-order valence-electron chi connectivity index (χ4n) is 2.74. The van der Waals surface area contributed by atoms with Gasteiger partial charge in [0, 0.05) is 23.7 Å². The molecule has 6 heteroatoms. The Hall–Kier alpha value is -2.27. The molecule has 0 amide bonds. The maximum absolute atomic E-state index is 13.9. The topological polar surface area (TPSA) is 30.5 Å². The van der Waals surface area contributed by atoms with E-state index in [1.807, 2.05) is 36.4 Å². The highest BCUT2D eigenvalue weighted by atomic mass is 35.5. The molecule has 3 rings (SSSR count). The first kappa shape index (κ1) is 20.5. The van der Waals surface area contributed by atoms with Gasteiger partial charge in [0.15, 0.2) is 11.5 Å². The minimum Gasteiger partial charge on any atom is -0.493 e. The summed E-state index contributed by atoms with van der Waals surface area (Å²) in [4.78, 5) is 0. The SMILES string of the molecule is COc1cc(CNCc2ccccc2Cl)ccc1OCc1c(F)cccc1Cl. The molecule has 28 heavy (non-hydrogen) atoms. The third kappa shape index (κ3) is 5.16. The molecule has 0 aliphatic heterocycles. The van der Waals surface area contributed by atoms with E-state index >= 15 is 0 Å². The lowest BCUT2D eigenvalue weighted by Crippen LogP contribution is -2.13. The summed E-state index contributed by atoms with van der Waals surface area (Å²) in [5, 5.41) is 4.43. The van der Waals surface area contributed by atoms with E-state index in [-0.39, 0.29) is 6.61 Å². The van der Waals surface area contributed by atoms with Gasteiger partial charge >= 0.3 is 0 Å². The van der Waals surface area contributed by atoms with Crippen molar-refractivity contribution in [2.24, 2.45) is 0 Å². The van der Waals surface area contributed by atoms with Gasteiger partial charge in [-0.3, -0.25) is 0 Å².